The number of nitrogens with one attached hydrogen (secondary N) is 1. The van der Waals surface area contributed by atoms with Gasteiger partial charge in [0.1, 0.15) is 5.82 Å². The van der Waals surface area contributed by atoms with Crippen LogP contribution in [0.2, 0.25) is 0 Å². The molecule has 0 aliphatic rings. The zero-order valence-corrected chi connectivity index (χ0v) is 20.9. The van der Waals surface area contributed by atoms with E-state index < -0.39 is 23.0 Å². The number of hydrogen-bond donors (Lipinski definition) is 2. The van der Waals surface area contributed by atoms with Crippen LogP contribution in [0.25, 0.3) is 49.5 Å². The number of halogens is 1. The number of fused-ring (bicyclic) bond motifs is 4. The molecule has 0 aliphatic heterocycles. The van der Waals surface area contributed by atoms with Crippen molar-refractivity contribution in [2.75, 3.05) is 0 Å². The first kappa shape index (κ1) is 23.9. The maximum atomic E-state index is 14.5. The molecule has 2 heterocycles. The second-order valence-electron chi connectivity index (χ2n) is 9.31. The molecule has 3 N–H and O–H groups in total. The first-order chi connectivity index (χ1) is 18.7. The van der Waals surface area contributed by atoms with Crippen molar-refractivity contribution >= 4 is 38.6 Å². The average molecular weight is 518 g/mol. The summed E-state index contributed by atoms with van der Waals surface area (Å²) in [7, 11) is 1.41. The number of primary amides is 1. The highest BCUT2D eigenvalue weighted by atomic mass is 19.1. The van der Waals surface area contributed by atoms with E-state index in [4.69, 9.17) is 5.73 Å². The SMILES string of the molecule is Cc1c(-c2c(C#N)cc(C(N)=O)c3[nH]c4ccccc4c23)cccc1-n1c(=O)c2cccc(F)c2n(C)c1=O. The molecule has 39 heavy (non-hydrogen) atoms. The summed E-state index contributed by atoms with van der Waals surface area (Å²) in [5.41, 5.74) is 7.81. The number of nitrogens with two attached hydrogens (primary N) is 1. The summed E-state index contributed by atoms with van der Waals surface area (Å²) in [6.45, 7) is 1.75. The first-order valence-corrected chi connectivity index (χ1v) is 12.0. The summed E-state index contributed by atoms with van der Waals surface area (Å²) in [4.78, 5) is 42.5. The number of para-hydroxylation sites is 2. The zero-order valence-electron chi connectivity index (χ0n) is 20.9. The third-order valence-electron chi connectivity index (χ3n) is 7.22. The summed E-state index contributed by atoms with van der Waals surface area (Å²) >= 11 is 0. The fourth-order valence-electron chi connectivity index (χ4n) is 5.42. The minimum atomic E-state index is -0.709. The van der Waals surface area contributed by atoms with Gasteiger partial charge in [-0.3, -0.25) is 14.2 Å². The van der Waals surface area contributed by atoms with E-state index in [1.807, 2.05) is 24.3 Å². The van der Waals surface area contributed by atoms with Gasteiger partial charge in [0.15, 0.2) is 0 Å². The average Bonchev–Trinajstić information content (AvgIpc) is 3.31. The van der Waals surface area contributed by atoms with Crippen LogP contribution in [0.3, 0.4) is 0 Å². The number of carbonyl (C=O) groups is 1. The Hall–Kier alpha value is -5.49. The van der Waals surface area contributed by atoms with Crippen molar-refractivity contribution in [3.8, 4) is 22.9 Å². The van der Waals surface area contributed by atoms with Crippen molar-refractivity contribution in [2.24, 2.45) is 12.8 Å². The quantitative estimate of drug-likeness (QED) is 0.361. The molecule has 0 atom stereocenters. The summed E-state index contributed by atoms with van der Waals surface area (Å²) in [5.74, 6) is -1.35. The first-order valence-electron chi connectivity index (χ1n) is 12.0. The fourth-order valence-corrected chi connectivity index (χ4v) is 5.42. The Bertz CT molecular complexity index is 2200. The van der Waals surface area contributed by atoms with Crippen molar-refractivity contribution in [1.82, 2.24) is 14.1 Å². The van der Waals surface area contributed by atoms with E-state index in [1.165, 1.54) is 31.3 Å². The van der Waals surface area contributed by atoms with Crippen molar-refractivity contribution in [2.45, 2.75) is 6.92 Å². The molecule has 190 valence electrons. The number of carbonyl (C=O) groups excluding carboxylic acids is 1. The van der Waals surface area contributed by atoms with Crippen LogP contribution >= 0.6 is 0 Å². The Labute approximate surface area is 220 Å². The zero-order chi connectivity index (χ0) is 27.6. The predicted molar refractivity (Wildman–Crippen MR) is 148 cm³/mol. The molecule has 6 aromatic rings. The Morgan fingerprint density at radius 2 is 1.74 bits per heavy atom. The number of nitriles is 1. The van der Waals surface area contributed by atoms with Crippen molar-refractivity contribution < 1.29 is 9.18 Å². The minimum absolute atomic E-state index is 0.0597. The number of aromatic nitrogens is 3. The van der Waals surface area contributed by atoms with Crippen molar-refractivity contribution in [1.29, 1.82) is 5.26 Å². The third-order valence-corrected chi connectivity index (χ3v) is 7.22. The van der Waals surface area contributed by atoms with Gasteiger partial charge in [0.2, 0.25) is 0 Å². The molecule has 8 nitrogen and oxygen atoms in total. The largest absolute Gasteiger partial charge is 0.366 e. The van der Waals surface area contributed by atoms with Crippen LogP contribution in [0.4, 0.5) is 4.39 Å². The molecule has 1 amide bonds. The monoisotopic (exact) mass is 517 g/mol. The smallest absolute Gasteiger partial charge is 0.335 e. The Balaban J connectivity index is 1.75. The fraction of sp³-hybridized carbons (Fsp3) is 0.0667. The van der Waals surface area contributed by atoms with Crippen LogP contribution in [0.15, 0.2) is 76.3 Å². The lowest BCUT2D eigenvalue weighted by molar-refractivity contribution is 0.100. The van der Waals surface area contributed by atoms with Crippen LogP contribution in [0.5, 0.6) is 0 Å². The van der Waals surface area contributed by atoms with Gasteiger partial charge in [-0.2, -0.15) is 5.26 Å². The predicted octanol–water partition coefficient (Wildman–Crippen LogP) is 4.41. The summed E-state index contributed by atoms with van der Waals surface area (Å²) in [5, 5.41) is 11.6. The normalized spacial score (nSPS) is 11.3. The number of aromatic amines is 1. The summed E-state index contributed by atoms with van der Waals surface area (Å²) in [6.07, 6.45) is 0. The highest BCUT2D eigenvalue weighted by Gasteiger charge is 2.23. The topological polar surface area (TPSA) is 127 Å². The second kappa shape index (κ2) is 8.53. The van der Waals surface area contributed by atoms with E-state index in [0.717, 1.165) is 20.0 Å². The maximum Gasteiger partial charge on any atom is 0.335 e. The van der Waals surface area contributed by atoms with E-state index in [1.54, 1.807) is 25.1 Å². The van der Waals surface area contributed by atoms with Crippen LogP contribution in [-0.4, -0.2) is 20.0 Å². The van der Waals surface area contributed by atoms with Gasteiger partial charge >= 0.3 is 5.69 Å². The molecule has 6 rings (SSSR count). The van der Waals surface area contributed by atoms with Gasteiger partial charge in [0.05, 0.1) is 39.3 Å². The lowest BCUT2D eigenvalue weighted by Crippen LogP contribution is -2.38. The maximum absolute atomic E-state index is 14.5. The molecule has 0 saturated carbocycles. The molecule has 0 bridgehead atoms. The summed E-state index contributed by atoms with van der Waals surface area (Å²) in [6, 6.07) is 20.3. The van der Waals surface area contributed by atoms with Gasteiger partial charge in [0.25, 0.3) is 11.5 Å². The lowest BCUT2D eigenvalue weighted by Gasteiger charge is -2.17. The van der Waals surface area contributed by atoms with Gasteiger partial charge in [0, 0.05) is 28.9 Å². The number of nitrogens with zero attached hydrogens (tertiary/aromatic N) is 3. The third kappa shape index (κ3) is 3.32. The molecular weight excluding hydrogens is 497 g/mol. The molecule has 4 aromatic carbocycles. The van der Waals surface area contributed by atoms with Gasteiger partial charge in [-0.15, -0.1) is 0 Å². The van der Waals surface area contributed by atoms with Crippen LogP contribution < -0.4 is 17.0 Å². The number of H-pyrrole nitrogens is 1. The minimum Gasteiger partial charge on any atom is -0.366 e. The Morgan fingerprint density at radius 1 is 1.03 bits per heavy atom. The van der Waals surface area contributed by atoms with Crippen molar-refractivity contribution in [3.63, 3.8) is 0 Å². The molecule has 0 aliphatic carbocycles. The summed E-state index contributed by atoms with van der Waals surface area (Å²) < 4.78 is 16.7. The highest BCUT2D eigenvalue weighted by molar-refractivity contribution is 6.21. The lowest BCUT2D eigenvalue weighted by atomic mass is 9.89. The highest BCUT2D eigenvalue weighted by Crippen LogP contribution is 2.40. The Morgan fingerprint density at radius 3 is 2.49 bits per heavy atom. The van der Waals surface area contributed by atoms with Gasteiger partial charge in [-0.1, -0.05) is 36.4 Å². The molecule has 0 spiro atoms. The molecule has 0 radical (unpaired) electrons. The standard InChI is InChI=1S/C30H20FN5O3/c1-15-17(8-6-12-23(15)36-29(38)19-9-5-10-21(31)27(19)35(2)30(36)39)24-16(14-32)13-20(28(33)37)26-25(24)18-7-3-4-11-22(18)34-26/h3-13,34H,1-2H3,(H2,33,37). The van der Waals surface area contributed by atoms with Gasteiger partial charge in [-0.25, -0.2) is 13.8 Å². The number of aryl methyl sites for hydroxylation is 1. The van der Waals surface area contributed by atoms with Gasteiger partial charge < -0.3 is 10.7 Å². The van der Waals surface area contributed by atoms with Gasteiger partial charge in [-0.05, 0) is 48.4 Å². The molecule has 0 fully saturated rings. The van der Waals surface area contributed by atoms with E-state index in [-0.39, 0.29) is 22.0 Å². The number of hydrogen-bond acceptors (Lipinski definition) is 4. The van der Waals surface area contributed by atoms with Crippen LogP contribution in [0.1, 0.15) is 21.5 Å². The number of rotatable bonds is 3. The molecular formula is C30H20FN5O3. The van der Waals surface area contributed by atoms with Crippen LogP contribution in [0, 0.1) is 24.1 Å². The van der Waals surface area contributed by atoms with Crippen molar-refractivity contribution in [3.05, 3.63) is 110 Å². The second-order valence-corrected chi connectivity index (χ2v) is 9.31. The molecule has 9 heteroatoms. The van der Waals surface area contributed by atoms with Crippen LogP contribution in [-0.2, 0) is 7.05 Å². The van der Waals surface area contributed by atoms with E-state index >= 15 is 0 Å². The Kier molecular flexibility index (Phi) is 5.22. The molecule has 2 aromatic heterocycles. The van der Waals surface area contributed by atoms with E-state index in [2.05, 4.69) is 11.1 Å². The molecule has 0 saturated heterocycles. The number of benzene rings is 4. The van der Waals surface area contributed by atoms with E-state index in [9.17, 15) is 24.0 Å². The van der Waals surface area contributed by atoms with E-state index in [0.29, 0.717) is 33.3 Å². The number of amides is 1. The molecule has 0 unspecified atom stereocenters.